The highest BCUT2D eigenvalue weighted by atomic mass is 16.2. The normalized spacial score (nSPS) is 9.67. The zero-order valence-electron chi connectivity index (χ0n) is 14.0. The van der Waals surface area contributed by atoms with Gasteiger partial charge in [-0.3, -0.25) is 9.59 Å². The van der Waals surface area contributed by atoms with Gasteiger partial charge in [0, 0.05) is 26.2 Å². The van der Waals surface area contributed by atoms with Crippen LogP contribution in [0.3, 0.4) is 0 Å². The molecule has 1 rings (SSSR count). The van der Waals surface area contributed by atoms with E-state index in [2.05, 4.69) is 26.3 Å². The van der Waals surface area contributed by atoms with Crippen molar-refractivity contribution < 1.29 is 9.59 Å². The van der Waals surface area contributed by atoms with Gasteiger partial charge >= 0.3 is 0 Å². The molecule has 0 saturated carbocycles. The molecule has 0 spiro atoms. The van der Waals surface area contributed by atoms with Crippen molar-refractivity contribution in [2.24, 2.45) is 0 Å². The highest BCUT2D eigenvalue weighted by Gasteiger charge is 2.23. The first-order valence-corrected chi connectivity index (χ1v) is 7.71. The Labute approximate surface area is 144 Å². The summed E-state index contributed by atoms with van der Waals surface area (Å²) in [7, 11) is 0. The molecular weight excluding hydrogens is 300 g/mol. The van der Waals surface area contributed by atoms with Crippen LogP contribution in [-0.2, 0) is 0 Å². The highest BCUT2D eigenvalue weighted by Crippen LogP contribution is 2.15. The molecule has 126 valence electrons. The summed E-state index contributed by atoms with van der Waals surface area (Å²) in [5.41, 5.74) is 0.730. The summed E-state index contributed by atoms with van der Waals surface area (Å²) >= 11 is 0. The summed E-state index contributed by atoms with van der Waals surface area (Å²) in [6.07, 6.45) is 6.59. The Morgan fingerprint density at radius 1 is 0.708 bits per heavy atom. The second-order valence-corrected chi connectivity index (χ2v) is 5.12. The Balaban J connectivity index is 3.22. The standard InChI is InChI=1S/C20H24N2O2/c1-5-13-21(14-6-2)19(23)17-11-9-10-12-18(17)20(24)22(15-7-3)16-8-4/h5-12H,1-4,13-16H2. The zero-order valence-corrected chi connectivity index (χ0v) is 14.0. The summed E-state index contributed by atoms with van der Waals surface area (Å²) in [5.74, 6) is -0.452. The summed E-state index contributed by atoms with van der Waals surface area (Å²) in [4.78, 5) is 28.8. The van der Waals surface area contributed by atoms with Crippen molar-refractivity contribution in [2.45, 2.75) is 0 Å². The van der Waals surface area contributed by atoms with Crippen LogP contribution < -0.4 is 0 Å². The number of carbonyl (C=O) groups excluding carboxylic acids is 2. The molecule has 0 atom stereocenters. The number of carbonyl (C=O) groups is 2. The molecule has 2 amide bonds. The van der Waals surface area contributed by atoms with E-state index in [1.165, 1.54) is 0 Å². The summed E-state index contributed by atoms with van der Waals surface area (Å²) in [5, 5.41) is 0. The van der Waals surface area contributed by atoms with Crippen LogP contribution in [0, 0.1) is 0 Å². The molecule has 1 aromatic rings. The van der Waals surface area contributed by atoms with Gasteiger partial charge in [0.1, 0.15) is 0 Å². The van der Waals surface area contributed by atoms with Crippen molar-refractivity contribution in [3.63, 3.8) is 0 Å². The van der Waals surface area contributed by atoms with Crippen molar-refractivity contribution in [2.75, 3.05) is 26.2 Å². The average molecular weight is 324 g/mol. The fourth-order valence-corrected chi connectivity index (χ4v) is 2.30. The maximum Gasteiger partial charge on any atom is 0.255 e. The number of hydrogen-bond acceptors (Lipinski definition) is 2. The lowest BCUT2D eigenvalue weighted by atomic mass is 10.0. The Bertz CT molecular complexity index is 559. The topological polar surface area (TPSA) is 40.6 Å². The molecule has 0 bridgehead atoms. The van der Waals surface area contributed by atoms with Crippen LogP contribution in [0.5, 0.6) is 0 Å². The Hall–Kier alpha value is -2.88. The van der Waals surface area contributed by atoms with Crippen molar-refractivity contribution >= 4 is 11.8 Å². The SMILES string of the molecule is C=CCN(CC=C)C(=O)c1ccccc1C(=O)N(CC=C)CC=C. The third kappa shape index (κ3) is 4.81. The Kier molecular flexibility index (Phi) is 7.99. The molecule has 4 nitrogen and oxygen atoms in total. The minimum Gasteiger partial charge on any atom is -0.331 e. The van der Waals surface area contributed by atoms with E-state index in [0.717, 1.165) is 0 Å². The van der Waals surface area contributed by atoms with Gasteiger partial charge < -0.3 is 9.80 Å². The second kappa shape index (κ2) is 10.0. The van der Waals surface area contributed by atoms with Gasteiger partial charge in [0.2, 0.25) is 0 Å². The number of rotatable bonds is 10. The predicted octanol–water partition coefficient (Wildman–Crippen LogP) is 3.32. The van der Waals surface area contributed by atoms with E-state index in [9.17, 15) is 9.59 Å². The van der Waals surface area contributed by atoms with Gasteiger partial charge in [0.15, 0.2) is 0 Å². The number of hydrogen-bond donors (Lipinski definition) is 0. The highest BCUT2D eigenvalue weighted by molar-refractivity contribution is 6.07. The smallest absolute Gasteiger partial charge is 0.255 e. The van der Waals surface area contributed by atoms with Gasteiger partial charge in [-0.15, -0.1) is 26.3 Å². The molecule has 0 aliphatic heterocycles. The zero-order chi connectivity index (χ0) is 17.9. The van der Waals surface area contributed by atoms with E-state index in [-0.39, 0.29) is 11.8 Å². The first-order valence-electron chi connectivity index (χ1n) is 7.71. The molecule has 0 aromatic heterocycles. The Morgan fingerprint density at radius 3 is 1.25 bits per heavy atom. The van der Waals surface area contributed by atoms with Gasteiger partial charge in [-0.05, 0) is 12.1 Å². The third-order valence-corrected chi connectivity index (χ3v) is 3.36. The van der Waals surface area contributed by atoms with Gasteiger partial charge in [0.25, 0.3) is 11.8 Å². The van der Waals surface area contributed by atoms with E-state index in [0.29, 0.717) is 37.3 Å². The minimum absolute atomic E-state index is 0.226. The molecule has 0 radical (unpaired) electrons. The van der Waals surface area contributed by atoms with E-state index in [4.69, 9.17) is 0 Å². The van der Waals surface area contributed by atoms with Crippen molar-refractivity contribution in [3.8, 4) is 0 Å². The molecule has 0 unspecified atom stereocenters. The van der Waals surface area contributed by atoms with Gasteiger partial charge in [-0.1, -0.05) is 36.4 Å². The summed E-state index contributed by atoms with van der Waals surface area (Å²) in [6.45, 7) is 16.2. The lowest BCUT2D eigenvalue weighted by Gasteiger charge is -2.23. The molecule has 4 heteroatoms. The van der Waals surface area contributed by atoms with Crippen LogP contribution in [0.4, 0.5) is 0 Å². The van der Waals surface area contributed by atoms with Crippen LogP contribution in [-0.4, -0.2) is 47.8 Å². The van der Waals surface area contributed by atoms with Crippen LogP contribution in [0.25, 0.3) is 0 Å². The van der Waals surface area contributed by atoms with Crippen molar-refractivity contribution in [3.05, 3.63) is 86.0 Å². The van der Waals surface area contributed by atoms with Crippen molar-refractivity contribution in [1.82, 2.24) is 9.80 Å². The first kappa shape index (κ1) is 19.2. The molecule has 0 aliphatic rings. The maximum atomic E-state index is 12.8. The number of amides is 2. The monoisotopic (exact) mass is 324 g/mol. The fraction of sp³-hybridized carbons (Fsp3) is 0.200. The molecular formula is C20H24N2O2. The predicted molar refractivity (Wildman–Crippen MR) is 99.0 cm³/mol. The molecule has 0 N–H and O–H groups in total. The summed E-state index contributed by atoms with van der Waals surface area (Å²) in [6, 6.07) is 6.81. The Morgan fingerprint density at radius 2 is 1.00 bits per heavy atom. The van der Waals surface area contributed by atoms with E-state index in [1.807, 2.05) is 0 Å². The average Bonchev–Trinajstić information content (AvgIpc) is 2.60. The van der Waals surface area contributed by atoms with E-state index < -0.39 is 0 Å². The van der Waals surface area contributed by atoms with Crippen molar-refractivity contribution in [1.29, 1.82) is 0 Å². The van der Waals surface area contributed by atoms with Crippen LogP contribution in [0.2, 0.25) is 0 Å². The van der Waals surface area contributed by atoms with Crippen LogP contribution in [0.1, 0.15) is 20.7 Å². The number of benzene rings is 1. The van der Waals surface area contributed by atoms with Crippen LogP contribution >= 0.6 is 0 Å². The summed E-state index contributed by atoms with van der Waals surface area (Å²) < 4.78 is 0. The quantitative estimate of drug-likeness (QED) is 0.620. The lowest BCUT2D eigenvalue weighted by Crippen LogP contribution is -2.36. The second-order valence-electron chi connectivity index (χ2n) is 5.12. The van der Waals surface area contributed by atoms with Gasteiger partial charge in [-0.2, -0.15) is 0 Å². The first-order chi connectivity index (χ1) is 11.6. The molecule has 24 heavy (non-hydrogen) atoms. The molecule has 0 fully saturated rings. The lowest BCUT2D eigenvalue weighted by molar-refractivity contribution is 0.0752. The fourth-order valence-electron chi connectivity index (χ4n) is 2.30. The third-order valence-electron chi connectivity index (χ3n) is 3.36. The molecule has 1 aromatic carbocycles. The minimum atomic E-state index is -0.226. The van der Waals surface area contributed by atoms with Gasteiger partial charge in [0.05, 0.1) is 11.1 Å². The van der Waals surface area contributed by atoms with E-state index in [1.54, 1.807) is 58.4 Å². The number of nitrogens with zero attached hydrogens (tertiary/aromatic N) is 2. The largest absolute Gasteiger partial charge is 0.331 e. The molecule has 0 aliphatic carbocycles. The van der Waals surface area contributed by atoms with Crippen LogP contribution in [0.15, 0.2) is 74.9 Å². The molecule has 0 heterocycles. The maximum absolute atomic E-state index is 12.8. The van der Waals surface area contributed by atoms with E-state index >= 15 is 0 Å². The van der Waals surface area contributed by atoms with Gasteiger partial charge in [-0.25, -0.2) is 0 Å². The molecule has 0 saturated heterocycles.